The Kier molecular flexibility index (Phi) is 3.06. The molecule has 0 saturated carbocycles. The number of nitrogens with one attached hydrogen (secondary N) is 2. The van der Waals surface area contributed by atoms with E-state index in [4.69, 9.17) is 0 Å². The number of hydrogen-bond donors (Lipinski definition) is 2. The Balaban J connectivity index is 1.84. The maximum atomic E-state index is 13.6. The molecule has 1 aliphatic rings. The largest absolute Gasteiger partial charge is 0.359 e. The fraction of sp³-hybridized carbons (Fsp3) is 0.429. The Morgan fingerprint density at radius 1 is 1.44 bits per heavy atom. The van der Waals surface area contributed by atoms with Crippen molar-refractivity contribution in [2.24, 2.45) is 0 Å². The van der Waals surface area contributed by atoms with Crippen molar-refractivity contribution in [3.8, 4) is 0 Å². The summed E-state index contributed by atoms with van der Waals surface area (Å²) in [5.41, 5.74) is 1.81. The van der Waals surface area contributed by atoms with Gasteiger partial charge in [-0.05, 0) is 25.1 Å². The van der Waals surface area contributed by atoms with Crippen molar-refractivity contribution in [1.82, 2.24) is 15.2 Å². The van der Waals surface area contributed by atoms with Crippen molar-refractivity contribution in [2.75, 3.05) is 26.7 Å². The molecular formula is C14H18FN3. The Labute approximate surface area is 106 Å². The van der Waals surface area contributed by atoms with Gasteiger partial charge in [-0.15, -0.1) is 0 Å². The van der Waals surface area contributed by atoms with Gasteiger partial charge in [-0.3, -0.25) is 0 Å². The van der Waals surface area contributed by atoms with Gasteiger partial charge < -0.3 is 15.2 Å². The second kappa shape index (κ2) is 4.71. The van der Waals surface area contributed by atoms with Crippen LogP contribution in [0.15, 0.2) is 24.4 Å². The Bertz CT molecular complexity index is 549. The molecule has 96 valence electrons. The molecule has 2 aromatic rings. The van der Waals surface area contributed by atoms with Crippen LogP contribution in [-0.4, -0.2) is 42.6 Å². The molecule has 1 saturated heterocycles. The summed E-state index contributed by atoms with van der Waals surface area (Å²) < 4.78 is 13.6. The van der Waals surface area contributed by atoms with Gasteiger partial charge in [0.25, 0.3) is 0 Å². The second-order valence-corrected chi connectivity index (χ2v) is 5.09. The van der Waals surface area contributed by atoms with Crippen LogP contribution < -0.4 is 5.32 Å². The third-order valence-electron chi connectivity index (χ3n) is 3.68. The number of H-pyrrole nitrogens is 1. The number of aromatic nitrogens is 1. The Morgan fingerprint density at radius 3 is 3.17 bits per heavy atom. The SMILES string of the molecule is CN1CCNC(Cc2c[nH]c3c(F)cccc23)C1. The molecule has 1 unspecified atom stereocenters. The predicted molar refractivity (Wildman–Crippen MR) is 71.2 cm³/mol. The van der Waals surface area contributed by atoms with Crippen LogP contribution in [-0.2, 0) is 6.42 Å². The molecule has 0 amide bonds. The van der Waals surface area contributed by atoms with E-state index in [9.17, 15) is 4.39 Å². The van der Waals surface area contributed by atoms with Crippen LogP contribution in [0.1, 0.15) is 5.56 Å². The molecule has 0 aliphatic carbocycles. The second-order valence-electron chi connectivity index (χ2n) is 5.09. The topological polar surface area (TPSA) is 31.1 Å². The number of fused-ring (bicyclic) bond motifs is 1. The van der Waals surface area contributed by atoms with E-state index in [0.717, 1.165) is 31.4 Å². The van der Waals surface area contributed by atoms with Gasteiger partial charge in [0.05, 0.1) is 5.52 Å². The quantitative estimate of drug-likeness (QED) is 0.847. The number of hydrogen-bond acceptors (Lipinski definition) is 2. The molecule has 0 radical (unpaired) electrons. The standard InChI is InChI=1S/C14H18FN3/c1-18-6-5-16-11(9-18)7-10-8-17-14-12(10)3-2-4-13(14)15/h2-4,8,11,16-17H,5-7,9H2,1H3. The lowest BCUT2D eigenvalue weighted by atomic mass is 10.0. The summed E-state index contributed by atoms with van der Waals surface area (Å²) in [4.78, 5) is 5.37. The first-order chi connectivity index (χ1) is 8.74. The molecule has 18 heavy (non-hydrogen) atoms. The van der Waals surface area contributed by atoms with Gasteiger partial charge in [0, 0.05) is 37.3 Å². The van der Waals surface area contributed by atoms with E-state index in [1.807, 2.05) is 12.3 Å². The van der Waals surface area contributed by atoms with Gasteiger partial charge in [-0.25, -0.2) is 4.39 Å². The molecule has 0 spiro atoms. The maximum absolute atomic E-state index is 13.6. The maximum Gasteiger partial charge on any atom is 0.147 e. The summed E-state index contributed by atoms with van der Waals surface area (Å²) in [6.07, 6.45) is 2.87. The number of para-hydroxylation sites is 1. The molecule has 3 nitrogen and oxygen atoms in total. The van der Waals surface area contributed by atoms with Crippen molar-refractivity contribution in [2.45, 2.75) is 12.5 Å². The Morgan fingerprint density at radius 2 is 2.33 bits per heavy atom. The number of likely N-dealkylation sites (N-methyl/N-ethyl adjacent to an activating group) is 1. The van der Waals surface area contributed by atoms with E-state index in [2.05, 4.69) is 22.2 Å². The summed E-state index contributed by atoms with van der Waals surface area (Å²) in [5.74, 6) is -0.174. The lowest BCUT2D eigenvalue weighted by Gasteiger charge is -2.30. The first-order valence-electron chi connectivity index (χ1n) is 6.40. The fourth-order valence-corrected chi connectivity index (χ4v) is 2.74. The van der Waals surface area contributed by atoms with Gasteiger partial charge in [-0.1, -0.05) is 12.1 Å². The number of benzene rings is 1. The van der Waals surface area contributed by atoms with Crippen LogP contribution in [0.2, 0.25) is 0 Å². The number of rotatable bonds is 2. The van der Waals surface area contributed by atoms with Crippen molar-refractivity contribution >= 4 is 10.9 Å². The molecular weight excluding hydrogens is 229 g/mol. The van der Waals surface area contributed by atoms with E-state index in [-0.39, 0.29) is 5.82 Å². The lowest BCUT2D eigenvalue weighted by molar-refractivity contribution is 0.238. The molecule has 3 rings (SSSR count). The van der Waals surface area contributed by atoms with Crippen LogP contribution in [0.3, 0.4) is 0 Å². The zero-order valence-corrected chi connectivity index (χ0v) is 10.5. The zero-order valence-electron chi connectivity index (χ0n) is 10.5. The minimum absolute atomic E-state index is 0.174. The molecule has 1 aromatic carbocycles. The van der Waals surface area contributed by atoms with Crippen LogP contribution in [0, 0.1) is 5.82 Å². The third kappa shape index (κ3) is 2.13. The Hall–Kier alpha value is -1.39. The highest BCUT2D eigenvalue weighted by Gasteiger charge is 2.18. The molecule has 4 heteroatoms. The molecule has 0 bridgehead atoms. The van der Waals surface area contributed by atoms with Crippen LogP contribution >= 0.6 is 0 Å². The van der Waals surface area contributed by atoms with E-state index in [1.54, 1.807) is 6.07 Å². The molecule has 1 fully saturated rings. The summed E-state index contributed by atoms with van der Waals surface area (Å²) in [6, 6.07) is 5.70. The molecule has 1 atom stereocenters. The summed E-state index contributed by atoms with van der Waals surface area (Å²) in [7, 11) is 2.14. The van der Waals surface area contributed by atoms with Gasteiger partial charge in [0.2, 0.25) is 0 Å². The van der Waals surface area contributed by atoms with E-state index in [0.29, 0.717) is 11.6 Å². The van der Waals surface area contributed by atoms with Crippen molar-refractivity contribution in [1.29, 1.82) is 0 Å². The predicted octanol–water partition coefficient (Wildman–Crippen LogP) is 1.75. The highest BCUT2D eigenvalue weighted by atomic mass is 19.1. The number of piperazine rings is 1. The first-order valence-corrected chi connectivity index (χ1v) is 6.40. The minimum Gasteiger partial charge on any atom is -0.359 e. The van der Waals surface area contributed by atoms with Gasteiger partial charge in [0.1, 0.15) is 5.82 Å². The van der Waals surface area contributed by atoms with E-state index in [1.165, 1.54) is 11.6 Å². The molecule has 2 N–H and O–H groups in total. The van der Waals surface area contributed by atoms with Crippen molar-refractivity contribution < 1.29 is 4.39 Å². The molecule has 2 heterocycles. The smallest absolute Gasteiger partial charge is 0.147 e. The number of aromatic amines is 1. The van der Waals surface area contributed by atoms with Gasteiger partial charge >= 0.3 is 0 Å². The first kappa shape index (κ1) is 11.7. The summed E-state index contributed by atoms with van der Waals surface area (Å²) >= 11 is 0. The van der Waals surface area contributed by atoms with E-state index >= 15 is 0 Å². The van der Waals surface area contributed by atoms with E-state index < -0.39 is 0 Å². The zero-order chi connectivity index (χ0) is 12.5. The normalized spacial score (nSPS) is 21.6. The van der Waals surface area contributed by atoms with Crippen molar-refractivity contribution in [3.05, 3.63) is 35.8 Å². The van der Waals surface area contributed by atoms with Crippen LogP contribution in [0.5, 0.6) is 0 Å². The molecule has 1 aromatic heterocycles. The van der Waals surface area contributed by atoms with Gasteiger partial charge in [0.15, 0.2) is 0 Å². The average molecular weight is 247 g/mol. The van der Waals surface area contributed by atoms with Crippen LogP contribution in [0.25, 0.3) is 10.9 Å². The third-order valence-corrected chi connectivity index (χ3v) is 3.68. The number of halogens is 1. The number of nitrogens with zero attached hydrogens (tertiary/aromatic N) is 1. The van der Waals surface area contributed by atoms with Gasteiger partial charge in [-0.2, -0.15) is 0 Å². The highest BCUT2D eigenvalue weighted by molar-refractivity contribution is 5.83. The summed E-state index contributed by atoms with van der Waals surface area (Å²) in [5, 5.41) is 4.52. The average Bonchev–Trinajstić information content (AvgIpc) is 2.74. The molecule has 1 aliphatic heterocycles. The minimum atomic E-state index is -0.174. The van der Waals surface area contributed by atoms with Crippen LogP contribution in [0.4, 0.5) is 4.39 Å². The summed E-state index contributed by atoms with van der Waals surface area (Å²) in [6.45, 7) is 3.17. The fourth-order valence-electron chi connectivity index (χ4n) is 2.74. The highest BCUT2D eigenvalue weighted by Crippen LogP contribution is 2.22. The van der Waals surface area contributed by atoms with Crippen molar-refractivity contribution in [3.63, 3.8) is 0 Å². The lowest BCUT2D eigenvalue weighted by Crippen LogP contribution is -2.49. The monoisotopic (exact) mass is 247 g/mol.